The monoisotopic (exact) mass is 226 g/mol. The molecule has 0 radical (unpaired) electrons. The van der Waals surface area contributed by atoms with Crippen LogP contribution >= 0.6 is 23.2 Å². The molecule has 1 aromatic heterocycles. The Kier molecular flexibility index (Phi) is 3.53. The fraction of sp³-hybridized carbons (Fsp3) is 0.125. The van der Waals surface area contributed by atoms with Crippen molar-refractivity contribution < 1.29 is 0 Å². The van der Waals surface area contributed by atoms with E-state index in [1.54, 1.807) is 6.07 Å². The maximum absolute atomic E-state index is 8.61. The molecular weight excluding hydrogens is 223 g/mol. The molecule has 1 rings (SSSR count). The summed E-state index contributed by atoms with van der Waals surface area (Å²) >= 11 is 11.3. The Hall–Kier alpha value is -1.49. The van der Waals surface area contributed by atoms with Gasteiger partial charge in [0.25, 0.3) is 0 Å². The number of aromatic nitrogens is 2. The molecule has 0 aliphatic heterocycles. The predicted molar refractivity (Wildman–Crippen MR) is 54.1 cm³/mol. The molecule has 0 atom stereocenters. The SMILES string of the molecule is C#CCNc1nc(Cl)c(C#N)c(Cl)n1. The molecule has 1 aromatic rings. The molecule has 1 N–H and O–H groups in total. The van der Waals surface area contributed by atoms with Crippen LogP contribution in [0.4, 0.5) is 5.95 Å². The highest BCUT2D eigenvalue weighted by Crippen LogP contribution is 2.21. The van der Waals surface area contributed by atoms with Crippen molar-refractivity contribution in [2.75, 3.05) is 11.9 Å². The molecular formula is C8H4Cl2N4. The van der Waals surface area contributed by atoms with Crippen molar-refractivity contribution in [3.8, 4) is 18.4 Å². The van der Waals surface area contributed by atoms with Gasteiger partial charge in [0, 0.05) is 0 Å². The van der Waals surface area contributed by atoms with Gasteiger partial charge >= 0.3 is 0 Å². The van der Waals surface area contributed by atoms with Gasteiger partial charge in [0.15, 0.2) is 10.3 Å². The topological polar surface area (TPSA) is 61.6 Å². The van der Waals surface area contributed by atoms with Gasteiger partial charge in [-0.1, -0.05) is 29.1 Å². The maximum atomic E-state index is 8.61. The fourth-order valence-electron chi connectivity index (χ4n) is 0.709. The number of rotatable bonds is 2. The number of hydrogen-bond acceptors (Lipinski definition) is 4. The number of nitriles is 1. The Labute approximate surface area is 90.9 Å². The second kappa shape index (κ2) is 4.66. The molecule has 0 fully saturated rings. The Morgan fingerprint density at radius 2 is 1.93 bits per heavy atom. The molecule has 0 spiro atoms. The molecule has 6 heteroatoms. The van der Waals surface area contributed by atoms with Crippen LogP contribution < -0.4 is 5.32 Å². The minimum absolute atomic E-state index is 0.00650. The number of anilines is 1. The van der Waals surface area contributed by atoms with Crippen LogP contribution in [0.15, 0.2) is 0 Å². The molecule has 0 amide bonds. The van der Waals surface area contributed by atoms with Crippen LogP contribution in [-0.2, 0) is 0 Å². The lowest BCUT2D eigenvalue weighted by Gasteiger charge is -2.02. The minimum Gasteiger partial charge on any atom is -0.343 e. The van der Waals surface area contributed by atoms with Crippen molar-refractivity contribution in [1.82, 2.24) is 9.97 Å². The molecule has 0 unspecified atom stereocenters. The van der Waals surface area contributed by atoms with Crippen molar-refractivity contribution in [1.29, 1.82) is 5.26 Å². The van der Waals surface area contributed by atoms with Crippen LogP contribution in [0.2, 0.25) is 10.3 Å². The van der Waals surface area contributed by atoms with E-state index in [0.29, 0.717) is 0 Å². The number of nitrogens with zero attached hydrogens (tertiary/aromatic N) is 3. The summed E-state index contributed by atoms with van der Waals surface area (Å²) in [5.41, 5.74) is 0.0552. The zero-order valence-electron chi connectivity index (χ0n) is 6.88. The van der Waals surface area contributed by atoms with E-state index in [0.717, 1.165) is 0 Å². The third-order valence-electron chi connectivity index (χ3n) is 1.28. The normalized spacial score (nSPS) is 8.86. The molecule has 1 heterocycles. The van der Waals surface area contributed by atoms with E-state index in [4.69, 9.17) is 34.9 Å². The summed E-state index contributed by atoms with van der Waals surface area (Å²) in [6.45, 7) is 0.262. The Morgan fingerprint density at radius 1 is 1.36 bits per heavy atom. The van der Waals surface area contributed by atoms with E-state index >= 15 is 0 Å². The predicted octanol–water partition coefficient (Wildman–Crippen LogP) is 1.70. The molecule has 0 aliphatic carbocycles. The van der Waals surface area contributed by atoms with Gasteiger partial charge in [0.2, 0.25) is 5.95 Å². The fourth-order valence-corrected chi connectivity index (χ4v) is 1.18. The van der Waals surface area contributed by atoms with E-state index in [-0.39, 0.29) is 28.4 Å². The summed E-state index contributed by atoms with van der Waals surface area (Å²) in [5, 5.41) is 11.3. The van der Waals surface area contributed by atoms with Crippen LogP contribution in [0, 0.1) is 23.7 Å². The highest BCUT2D eigenvalue weighted by atomic mass is 35.5. The standard InChI is InChI=1S/C8H4Cl2N4/c1-2-3-12-8-13-6(9)5(4-11)7(10)14-8/h1H,3H2,(H,12,13,14). The molecule has 14 heavy (non-hydrogen) atoms. The number of nitrogens with one attached hydrogen (secondary N) is 1. The first-order valence-electron chi connectivity index (χ1n) is 3.49. The second-order valence-electron chi connectivity index (χ2n) is 2.17. The van der Waals surface area contributed by atoms with Crippen molar-refractivity contribution in [3.63, 3.8) is 0 Å². The molecule has 4 nitrogen and oxygen atoms in total. The van der Waals surface area contributed by atoms with E-state index in [1.165, 1.54) is 0 Å². The summed E-state index contributed by atoms with van der Waals surface area (Å²) < 4.78 is 0. The Balaban J connectivity index is 3.04. The average molecular weight is 227 g/mol. The van der Waals surface area contributed by atoms with Crippen LogP contribution in [0.25, 0.3) is 0 Å². The Morgan fingerprint density at radius 3 is 2.36 bits per heavy atom. The largest absolute Gasteiger partial charge is 0.343 e. The van der Waals surface area contributed by atoms with Gasteiger partial charge in [-0.05, 0) is 0 Å². The van der Waals surface area contributed by atoms with Crippen molar-refractivity contribution in [2.45, 2.75) is 0 Å². The zero-order chi connectivity index (χ0) is 10.6. The van der Waals surface area contributed by atoms with Gasteiger partial charge < -0.3 is 5.32 Å². The van der Waals surface area contributed by atoms with E-state index < -0.39 is 0 Å². The average Bonchev–Trinajstić information content (AvgIpc) is 2.14. The summed E-state index contributed by atoms with van der Waals surface area (Å²) in [7, 11) is 0. The van der Waals surface area contributed by atoms with Crippen LogP contribution in [0.1, 0.15) is 5.56 Å². The van der Waals surface area contributed by atoms with Crippen molar-refractivity contribution >= 4 is 29.2 Å². The number of hydrogen-bond donors (Lipinski definition) is 1. The number of terminal acetylenes is 1. The van der Waals surface area contributed by atoms with Crippen LogP contribution in [0.5, 0.6) is 0 Å². The minimum atomic E-state index is 0.00650. The quantitative estimate of drug-likeness (QED) is 0.616. The lowest BCUT2D eigenvalue weighted by Crippen LogP contribution is -2.04. The zero-order valence-corrected chi connectivity index (χ0v) is 8.39. The van der Waals surface area contributed by atoms with Crippen molar-refractivity contribution in [3.05, 3.63) is 15.9 Å². The third kappa shape index (κ3) is 2.26. The molecule has 0 aliphatic rings. The van der Waals surface area contributed by atoms with E-state index in [2.05, 4.69) is 21.2 Å². The van der Waals surface area contributed by atoms with Crippen LogP contribution in [-0.4, -0.2) is 16.5 Å². The maximum Gasteiger partial charge on any atom is 0.226 e. The third-order valence-corrected chi connectivity index (χ3v) is 1.83. The first kappa shape index (κ1) is 10.6. The number of halogens is 2. The second-order valence-corrected chi connectivity index (χ2v) is 2.89. The molecule has 0 saturated carbocycles. The lowest BCUT2D eigenvalue weighted by atomic mass is 10.4. The van der Waals surface area contributed by atoms with Crippen LogP contribution in [0.3, 0.4) is 0 Å². The molecule has 0 bridgehead atoms. The molecule has 70 valence electrons. The lowest BCUT2D eigenvalue weighted by molar-refractivity contribution is 1.12. The van der Waals surface area contributed by atoms with Gasteiger partial charge in [-0.25, -0.2) is 0 Å². The summed E-state index contributed by atoms with van der Waals surface area (Å²) in [6.07, 6.45) is 5.02. The van der Waals surface area contributed by atoms with Gasteiger partial charge in [-0.3, -0.25) is 0 Å². The van der Waals surface area contributed by atoms with Gasteiger partial charge in [-0.15, -0.1) is 6.42 Å². The van der Waals surface area contributed by atoms with Crippen molar-refractivity contribution in [2.24, 2.45) is 0 Å². The van der Waals surface area contributed by atoms with E-state index in [9.17, 15) is 0 Å². The molecule has 0 saturated heterocycles. The Bertz CT molecular complexity index is 407. The summed E-state index contributed by atoms with van der Waals surface area (Å²) in [4.78, 5) is 7.57. The first-order valence-corrected chi connectivity index (χ1v) is 4.25. The smallest absolute Gasteiger partial charge is 0.226 e. The summed E-state index contributed by atoms with van der Waals surface area (Å²) in [6, 6.07) is 1.79. The molecule has 0 aromatic carbocycles. The van der Waals surface area contributed by atoms with Gasteiger partial charge in [-0.2, -0.15) is 15.2 Å². The van der Waals surface area contributed by atoms with Gasteiger partial charge in [0.05, 0.1) is 6.54 Å². The van der Waals surface area contributed by atoms with E-state index in [1.807, 2.05) is 0 Å². The summed E-state index contributed by atoms with van der Waals surface area (Å²) in [5.74, 6) is 2.55. The highest BCUT2D eigenvalue weighted by Gasteiger charge is 2.10. The first-order chi connectivity index (χ1) is 6.69. The van der Waals surface area contributed by atoms with Gasteiger partial charge in [0.1, 0.15) is 11.6 Å². The highest BCUT2D eigenvalue weighted by molar-refractivity contribution is 6.35.